The molecule has 0 radical (unpaired) electrons. The summed E-state index contributed by atoms with van der Waals surface area (Å²) in [6, 6.07) is 13.9. The molecule has 43 heavy (non-hydrogen) atoms. The summed E-state index contributed by atoms with van der Waals surface area (Å²) in [6.45, 7) is 9.23. The number of fused-ring (bicyclic) bond motifs is 3. The largest absolute Gasteiger partial charge is 0.489 e. The van der Waals surface area contributed by atoms with Crippen LogP contribution in [0.2, 0.25) is 5.02 Å². The molecule has 6 rings (SSSR count). The summed E-state index contributed by atoms with van der Waals surface area (Å²) < 4.78 is 12.1. The van der Waals surface area contributed by atoms with Gasteiger partial charge >= 0.3 is 5.97 Å². The molecule has 9 nitrogen and oxygen atoms in total. The van der Waals surface area contributed by atoms with Crippen LogP contribution in [0.15, 0.2) is 42.5 Å². The van der Waals surface area contributed by atoms with Crippen LogP contribution in [0.4, 0.5) is 11.8 Å². The van der Waals surface area contributed by atoms with Crippen LogP contribution in [0, 0.1) is 11.3 Å². The zero-order valence-electron chi connectivity index (χ0n) is 24.9. The molecule has 0 bridgehead atoms. The van der Waals surface area contributed by atoms with Crippen LogP contribution in [0.25, 0.3) is 11.3 Å². The molecular formula is C33H40ClN5O4. The van der Waals surface area contributed by atoms with Gasteiger partial charge in [0.15, 0.2) is 0 Å². The van der Waals surface area contributed by atoms with E-state index < -0.39 is 11.4 Å². The van der Waals surface area contributed by atoms with E-state index in [4.69, 9.17) is 31.8 Å². The first-order valence-corrected chi connectivity index (χ1v) is 15.5. The Hall–Kier alpha value is -3.40. The van der Waals surface area contributed by atoms with Crippen LogP contribution >= 0.6 is 11.6 Å². The number of hydrogen-bond donors (Lipinski definition) is 2. The number of aliphatic carboxylic acids is 1. The predicted octanol–water partition coefficient (Wildman–Crippen LogP) is 5.08. The molecule has 1 saturated carbocycles. The Labute approximate surface area is 258 Å². The number of aryl methyl sites for hydroxylation is 1. The highest BCUT2D eigenvalue weighted by molar-refractivity contribution is 6.30. The molecule has 1 aliphatic heterocycles. The number of halogens is 1. The number of aromatic nitrogens is 2. The number of benzene rings is 2. The summed E-state index contributed by atoms with van der Waals surface area (Å²) in [6.07, 6.45) is 3.58. The fraction of sp³-hybridized carbons (Fsp3) is 0.485. The van der Waals surface area contributed by atoms with Crippen molar-refractivity contribution in [2.75, 3.05) is 50.0 Å². The molecule has 2 aromatic carbocycles. The van der Waals surface area contributed by atoms with Gasteiger partial charge in [-0.15, -0.1) is 0 Å². The van der Waals surface area contributed by atoms with Gasteiger partial charge in [-0.1, -0.05) is 23.7 Å². The van der Waals surface area contributed by atoms with Crippen LogP contribution in [0.3, 0.4) is 0 Å². The highest BCUT2D eigenvalue weighted by Crippen LogP contribution is 2.43. The maximum Gasteiger partial charge on any atom is 0.309 e. The summed E-state index contributed by atoms with van der Waals surface area (Å²) in [5, 5.41) is 10.1. The standard InChI is InChI=1S/C33H40ClN5O4/c1-33(2,31(40)41)23-18-26(19-23)42-16-15-38-11-13-39(14-12-38)30-28-9-5-22-17-25(43-20-21-3-6-24(34)7-4-21)8-10-27(22)29(28)36-32(35)37-30/h3-4,6-8,10,17,23,26H,5,9,11-16,18-20H2,1-2H3,(H,40,41)(H2,35,36,37). The first-order chi connectivity index (χ1) is 20.7. The number of carboxylic acid groups (broad SMARTS) is 1. The minimum Gasteiger partial charge on any atom is -0.489 e. The maximum atomic E-state index is 11.5. The van der Waals surface area contributed by atoms with Crippen molar-refractivity contribution in [1.82, 2.24) is 14.9 Å². The molecule has 10 heteroatoms. The Kier molecular flexibility index (Phi) is 8.49. The van der Waals surface area contributed by atoms with Crippen molar-refractivity contribution in [3.05, 3.63) is 64.2 Å². The Balaban J connectivity index is 1.03. The van der Waals surface area contributed by atoms with Crippen molar-refractivity contribution in [1.29, 1.82) is 0 Å². The molecule has 3 aromatic rings. The lowest BCUT2D eigenvalue weighted by Gasteiger charge is -2.43. The number of carbonyl (C=O) groups is 1. The minimum absolute atomic E-state index is 0.175. The van der Waals surface area contributed by atoms with Crippen molar-refractivity contribution in [3.8, 4) is 17.0 Å². The van der Waals surface area contributed by atoms with Gasteiger partial charge in [-0.3, -0.25) is 9.69 Å². The molecule has 2 aliphatic carbocycles. The molecule has 3 aliphatic rings. The van der Waals surface area contributed by atoms with Crippen LogP contribution in [0.1, 0.15) is 43.4 Å². The number of carboxylic acids is 1. The van der Waals surface area contributed by atoms with E-state index in [9.17, 15) is 9.90 Å². The van der Waals surface area contributed by atoms with E-state index in [1.807, 2.05) is 44.2 Å². The molecule has 228 valence electrons. The van der Waals surface area contributed by atoms with E-state index in [2.05, 4.69) is 26.9 Å². The second kappa shape index (κ2) is 12.3. The zero-order valence-corrected chi connectivity index (χ0v) is 25.6. The third-order valence-corrected chi connectivity index (χ3v) is 9.65. The summed E-state index contributed by atoms with van der Waals surface area (Å²) >= 11 is 6.00. The predicted molar refractivity (Wildman–Crippen MR) is 168 cm³/mol. The molecular weight excluding hydrogens is 566 g/mol. The van der Waals surface area contributed by atoms with Gasteiger partial charge in [-0.25, -0.2) is 4.98 Å². The summed E-state index contributed by atoms with van der Waals surface area (Å²) in [5.74, 6) is 1.54. The molecule has 2 heterocycles. The average Bonchev–Trinajstić information content (AvgIpc) is 2.97. The van der Waals surface area contributed by atoms with E-state index in [1.165, 1.54) is 5.56 Å². The molecule has 0 spiro atoms. The maximum absolute atomic E-state index is 11.5. The summed E-state index contributed by atoms with van der Waals surface area (Å²) in [5.41, 5.74) is 11.0. The molecule has 0 atom stereocenters. The second-order valence-electron chi connectivity index (χ2n) is 12.5. The Morgan fingerprint density at radius 3 is 2.53 bits per heavy atom. The van der Waals surface area contributed by atoms with Crippen molar-refractivity contribution >= 4 is 29.3 Å². The van der Waals surface area contributed by atoms with Crippen molar-refractivity contribution in [2.24, 2.45) is 11.3 Å². The van der Waals surface area contributed by atoms with E-state index in [1.54, 1.807) is 0 Å². The Morgan fingerprint density at radius 2 is 1.81 bits per heavy atom. The summed E-state index contributed by atoms with van der Waals surface area (Å²) in [4.78, 5) is 25.6. The van der Waals surface area contributed by atoms with Gasteiger partial charge < -0.3 is 25.2 Å². The van der Waals surface area contributed by atoms with E-state index in [-0.39, 0.29) is 12.0 Å². The van der Waals surface area contributed by atoms with Gasteiger partial charge in [0.05, 0.1) is 23.8 Å². The van der Waals surface area contributed by atoms with Crippen molar-refractivity contribution < 1.29 is 19.4 Å². The molecule has 1 aromatic heterocycles. The lowest BCUT2D eigenvalue weighted by atomic mass is 9.66. The van der Waals surface area contributed by atoms with E-state index >= 15 is 0 Å². The lowest BCUT2D eigenvalue weighted by Crippen LogP contribution is -2.49. The highest BCUT2D eigenvalue weighted by Gasteiger charge is 2.45. The Bertz CT molecular complexity index is 1470. The van der Waals surface area contributed by atoms with Crippen LogP contribution < -0.4 is 15.4 Å². The second-order valence-corrected chi connectivity index (χ2v) is 12.9. The number of ether oxygens (including phenoxy) is 2. The molecule has 0 unspecified atom stereocenters. The third kappa shape index (κ3) is 6.44. The molecule has 3 N–H and O–H groups in total. The fourth-order valence-electron chi connectivity index (χ4n) is 6.31. The van der Waals surface area contributed by atoms with E-state index in [0.29, 0.717) is 24.2 Å². The fourth-order valence-corrected chi connectivity index (χ4v) is 6.43. The topological polar surface area (TPSA) is 114 Å². The molecule has 1 saturated heterocycles. The number of nitrogens with two attached hydrogens (primary N) is 1. The SMILES string of the molecule is CC(C)(C(=O)O)C1CC(OCCN2CCN(c3nc(N)nc4c3CCc3cc(OCc5ccc(Cl)cc5)ccc3-4)CC2)C1. The first kappa shape index (κ1) is 29.7. The van der Waals surface area contributed by atoms with Gasteiger partial charge in [0.1, 0.15) is 18.2 Å². The average molecular weight is 606 g/mol. The van der Waals surface area contributed by atoms with Crippen LogP contribution in [0.5, 0.6) is 5.75 Å². The Morgan fingerprint density at radius 1 is 1.07 bits per heavy atom. The molecule has 2 fully saturated rings. The van der Waals surface area contributed by atoms with Gasteiger partial charge in [-0.2, -0.15) is 4.98 Å². The van der Waals surface area contributed by atoms with Crippen molar-refractivity contribution in [2.45, 2.75) is 52.2 Å². The normalized spacial score (nSPS) is 20.2. The van der Waals surface area contributed by atoms with Crippen LogP contribution in [-0.4, -0.2) is 71.4 Å². The van der Waals surface area contributed by atoms with Gasteiger partial charge in [0.25, 0.3) is 0 Å². The monoisotopic (exact) mass is 605 g/mol. The minimum atomic E-state index is -0.727. The van der Waals surface area contributed by atoms with E-state index in [0.717, 1.165) is 92.4 Å². The van der Waals surface area contributed by atoms with Crippen LogP contribution in [-0.2, 0) is 29.0 Å². The zero-order chi connectivity index (χ0) is 30.1. The number of nitrogens with zero attached hydrogens (tertiary/aromatic N) is 4. The van der Waals surface area contributed by atoms with Gasteiger partial charge in [0.2, 0.25) is 5.95 Å². The number of rotatable bonds is 10. The highest BCUT2D eigenvalue weighted by atomic mass is 35.5. The summed E-state index contributed by atoms with van der Waals surface area (Å²) in [7, 11) is 0. The number of nitrogen functional groups attached to an aromatic ring is 1. The quantitative estimate of drug-likeness (QED) is 0.326. The molecule has 0 amide bonds. The third-order valence-electron chi connectivity index (χ3n) is 9.40. The number of piperazine rings is 1. The first-order valence-electron chi connectivity index (χ1n) is 15.2. The van der Waals surface area contributed by atoms with Gasteiger partial charge in [-0.05, 0) is 86.9 Å². The van der Waals surface area contributed by atoms with Crippen molar-refractivity contribution in [3.63, 3.8) is 0 Å². The lowest BCUT2D eigenvalue weighted by molar-refractivity contribution is -0.157. The smallest absolute Gasteiger partial charge is 0.309 e. The number of anilines is 2. The van der Waals surface area contributed by atoms with Gasteiger partial charge in [0, 0.05) is 48.9 Å². The number of hydrogen-bond acceptors (Lipinski definition) is 8.